The number of aliphatic hydroxyl groups excluding tert-OH is 1. The molecule has 3 saturated heterocycles. The Balaban J connectivity index is 1.61. The summed E-state index contributed by atoms with van der Waals surface area (Å²) < 4.78 is 18.0. The lowest BCUT2D eigenvalue weighted by Crippen LogP contribution is -2.59. The van der Waals surface area contributed by atoms with Crippen molar-refractivity contribution in [1.82, 2.24) is 4.90 Å². The van der Waals surface area contributed by atoms with Crippen LogP contribution in [0.5, 0.6) is 11.5 Å². The zero-order valence-electron chi connectivity index (χ0n) is 27.9. The number of carbonyl (C=O) groups excluding carboxylic acids is 3. The summed E-state index contributed by atoms with van der Waals surface area (Å²) in [4.78, 5) is 49.2. The number of carbonyl (C=O) groups is 3. The lowest BCUT2D eigenvalue weighted by Gasteiger charge is -2.39. The molecule has 0 saturated carbocycles. The predicted molar refractivity (Wildman–Crippen MR) is 181 cm³/mol. The van der Waals surface area contributed by atoms with Crippen molar-refractivity contribution < 1.29 is 33.7 Å². The van der Waals surface area contributed by atoms with Crippen LogP contribution in [-0.4, -0.2) is 84.4 Å². The van der Waals surface area contributed by atoms with Crippen LogP contribution in [0.3, 0.4) is 0 Å². The molecule has 3 heterocycles. The maximum atomic E-state index is 14.9. The largest absolute Gasteiger partial charge is 0.497 e. The van der Waals surface area contributed by atoms with E-state index in [1.54, 1.807) is 53.3 Å². The Hall–Kier alpha value is -4.15. The molecule has 10 nitrogen and oxygen atoms in total. The fourth-order valence-electron chi connectivity index (χ4n) is 7.99. The molecular weight excluding hydrogens is 598 g/mol. The zero-order chi connectivity index (χ0) is 33.9. The lowest BCUT2D eigenvalue weighted by atomic mass is 9.64. The van der Waals surface area contributed by atoms with Crippen LogP contribution in [0.15, 0.2) is 73.8 Å². The Kier molecular flexibility index (Phi) is 10.1. The molecule has 252 valence electrons. The molecule has 2 bridgehead atoms. The van der Waals surface area contributed by atoms with Crippen molar-refractivity contribution >= 4 is 29.1 Å². The van der Waals surface area contributed by atoms with Crippen molar-refractivity contribution in [2.75, 3.05) is 43.2 Å². The van der Waals surface area contributed by atoms with Gasteiger partial charge in [-0.25, -0.2) is 0 Å². The average molecular weight is 646 g/mol. The van der Waals surface area contributed by atoms with Crippen LogP contribution in [0.4, 0.5) is 11.4 Å². The quantitative estimate of drug-likeness (QED) is 0.279. The van der Waals surface area contributed by atoms with E-state index >= 15 is 0 Å². The molecule has 5 rings (SSSR count). The summed E-state index contributed by atoms with van der Waals surface area (Å²) in [5.41, 5.74) is -0.929. The smallest absolute Gasteiger partial charge is 0.253 e. The predicted octanol–water partition coefficient (Wildman–Crippen LogP) is 4.76. The third-order valence-electron chi connectivity index (χ3n) is 10.2. The summed E-state index contributed by atoms with van der Waals surface area (Å²) in [6.07, 6.45) is 5.17. The summed E-state index contributed by atoms with van der Waals surface area (Å²) in [5.74, 6) is -1.35. The first-order valence-electron chi connectivity index (χ1n) is 16.5. The third kappa shape index (κ3) is 5.61. The number of hydrogen-bond acceptors (Lipinski definition) is 7. The molecule has 1 spiro atoms. The molecule has 47 heavy (non-hydrogen) atoms. The van der Waals surface area contributed by atoms with Gasteiger partial charge in [0.05, 0.1) is 43.8 Å². The van der Waals surface area contributed by atoms with Gasteiger partial charge in [-0.15, -0.1) is 13.2 Å². The zero-order valence-corrected chi connectivity index (χ0v) is 27.9. The maximum Gasteiger partial charge on any atom is 0.253 e. The van der Waals surface area contributed by atoms with Gasteiger partial charge in [0, 0.05) is 24.5 Å². The summed E-state index contributed by atoms with van der Waals surface area (Å²) in [7, 11) is 1.57. The molecule has 3 aliphatic heterocycles. The van der Waals surface area contributed by atoms with Crippen molar-refractivity contribution in [3.8, 4) is 11.5 Å². The van der Waals surface area contributed by atoms with Gasteiger partial charge in [0.1, 0.15) is 23.1 Å². The van der Waals surface area contributed by atoms with Crippen molar-refractivity contribution in [3.05, 3.63) is 73.8 Å². The summed E-state index contributed by atoms with van der Waals surface area (Å²) >= 11 is 0. The van der Waals surface area contributed by atoms with Gasteiger partial charge in [-0.1, -0.05) is 26.0 Å². The van der Waals surface area contributed by atoms with Gasteiger partial charge in [-0.2, -0.15) is 0 Å². The first kappa shape index (κ1) is 34.2. The molecule has 1 N–H and O–H groups in total. The minimum absolute atomic E-state index is 0.187. The van der Waals surface area contributed by atoms with Gasteiger partial charge >= 0.3 is 0 Å². The van der Waals surface area contributed by atoms with E-state index in [0.29, 0.717) is 55.2 Å². The molecule has 6 atom stereocenters. The summed E-state index contributed by atoms with van der Waals surface area (Å²) in [6.45, 7) is 14.1. The van der Waals surface area contributed by atoms with Gasteiger partial charge in [-0.05, 0) is 81.1 Å². The number of nitrogens with zero attached hydrogens (tertiary/aromatic N) is 3. The highest BCUT2D eigenvalue weighted by Crippen LogP contribution is 2.65. The van der Waals surface area contributed by atoms with E-state index in [-0.39, 0.29) is 37.4 Å². The van der Waals surface area contributed by atoms with E-state index in [0.717, 1.165) is 0 Å². The topological polar surface area (TPSA) is 109 Å². The van der Waals surface area contributed by atoms with Crippen LogP contribution in [0.25, 0.3) is 0 Å². The van der Waals surface area contributed by atoms with Crippen LogP contribution in [0.2, 0.25) is 0 Å². The Labute approximate surface area is 277 Å². The second-order valence-corrected chi connectivity index (χ2v) is 12.4. The number of anilines is 2. The van der Waals surface area contributed by atoms with E-state index in [1.807, 2.05) is 45.0 Å². The van der Waals surface area contributed by atoms with Crippen molar-refractivity contribution in [3.63, 3.8) is 0 Å². The number of ether oxygens (including phenoxy) is 3. The minimum Gasteiger partial charge on any atom is -0.497 e. The number of rotatable bonds is 15. The van der Waals surface area contributed by atoms with E-state index in [2.05, 4.69) is 13.2 Å². The molecule has 3 fully saturated rings. The van der Waals surface area contributed by atoms with Crippen LogP contribution in [0, 0.1) is 11.8 Å². The fourth-order valence-corrected chi connectivity index (χ4v) is 7.99. The first-order chi connectivity index (χ1) is 22.7. The highest BCUT2D eigenvalue weighted by atomic mass is 16.5. The second kappa shape index (κ2) is 13.9. The SMILES string of the molecule is C=CCN(C(=O)C1N([C@@H](CC)CO)C(=O)[C@@H]2[C@H](C(=O)N(CC=C)c3ccc(OCC)cc3)[C@]3(CC)CCC12O3)c1ccc(OC)cc1. The highest BCUT2D eigenvalue weighted by molar-refractivity contribution is 6.07. The molecule has 3 aliphatic rings. The average Bonchev–Trinajstić information content (AvgIpc) is 3.70. The van der Waals surface area contributed by atoms with Crippen LogP contribution >= 0.6 is 0 Å². The highest BCUT2D eigenvalue weighted by Gasteiger charge is 2.79. The van der Waals surface area contributed by atoms with Gasteiger partial charge in [-0.3, -0.25) is 14.4 Å². The van der Waals surface area contributed by atoms with Gasteiger partial charge in [0.2, 0.25) is 11.8 Å². The van der Waals surface area contributed by atoms with Crippen LogP contribution < -0.4 is 19.3 Å². The standard InChI is InChI=1S/C37H47N3O7/c1-7-22-38(26-14-18-29(19-15-26)46-11-5)33(42)30-31-34(43)40(25(9-3)24-41)32(37(31)21-20-36(30,10-4)47-37)35(44)39(23-8-2)27-12-16-28(45-6)17-13-27/h7-8,12-19,25,30-32,41H,1-2,9-11,20-24H2,3-6H3/t25-,30+,31-,32?,36-,37?/m0/s1. The normalized spacial score (nSPS) is 26.4. The monoisotopic (exact) mass is 645 g/mol. The number of benzene rings is 2. The van der Waals surface area contributed by atoms with Crippen LogP contribution in [-0.2, 0) is 19.1 Å². The van der Waals surface area contributed by atoms with Gasteiger partial charge in [0.15, 0.2) is 0 Å². The van der Waals surface area contributed by atoms with E-state index in [9.17, 15) is 19.5 Å². The fraction of sp³-hybridized carbons (Fsp3) is 0.486. The molecule has 3 amide bonds. The molecule has 10 heteroatoms. The molecule has 2 aromatic carbocycles. The number of hydrogen-bond donors (Lipinski definition) is 1. The molecule has 2 aromatic rings. The minimum atomic E-state index is -1.25. The van der Waals surface area contributed by atoms with Crippen molar-refractivity contribution in [2.24, 2.45) is 11.8 Å². The maximum absolute atomic E-state index is 14.9. The molecule has 0 aromatic heterocycles. The molecule has 0 aliphatic carbocycles. The van der Waals surface area contributed by atoms with Crippen molar-refractivity contribution in [1.29, 1.82) is 0 Å². The summed E-state index contributed by atoms with van der Waals surface area (Å²) in [5, 5.41) is 10.5. The van der Waals surface area contributed by atoms with E-state index in [1.165, 1.54) is 4.90 Å². The number of fused-ring (bicyclic) bond motifs is 1. The second-order valence-electron chi connectivity index (χ2n) is 12.4. The van der Waals surface area contributed by atoms with Crippen LogP contribution in [0.1, 0.15) is 46.5 Å². The van der Waals surface area contributed by atoms with E-state index < -0.39 is 35.1 Å². The third-order valence-corrected chi connectivity index (χ3v) is 10.2. The van der Waals surface area contributed by atoms with Crippen molar-refractivity contribution in [2.45, 2.75) is 69.7 Å². The Morgan fingerprint density at radius 3 is 2.04 bits per heavy atom. The number of methoxy groups -OCH3 is 1. The number of amides is 3. The number of likely N-dealkylation sites (tertiary alicyclic amines) is 1. The molecule has 0 radical (unpaired) electrons. The Bertz CT molecular complexity index is 1470. The Morgan fingerprint density at radius 1 is 0.979 bits per heavy atom. The Morgan fingerprint density at radius 2 is 1.55 bits per heavy atom. The molecule has 2 unspecified atom stereocenters. The van der Waals surface area contributed by atoms with E-state index in [4.69, 9.17) is 14.2 Å². The van der Waals surface area contributed by atoms with Gasteiger partial charge < -0.3 is 34.0 Å². The molecular formula is C37H47N3O7. The number of aliphatic hydroxyl groups is 1. The van der Waals surface area contributed by atoms with Gasteiger partial charge in [0.25, 0.3) is 5.91 Å². The summed E-state index contributed by atoms with van der Waals surface area (Å²) in [6, 6.07) is 12.7. The first-order valence-corrected chi connectivity index (χ1v) is 16.5. The lowest BCUT2D eigenvalue weighted by molar-refractivity contribution is -0.149.